The number of unbranched alkanes of at least 4 members (excludes halogenated alkanes) is 1. The maximum atomic E-state index is 12.4. The molecule has 0 radical (unpaired) electrons. The highest BCUT2D eigenvalue weighted by atomic mass is 32.2. The first-order valence-electron chi connectivity index (χ1n) is 6.87. The molecule has 0 saturated carbocycles. The van der Waals surface area contributed by atoms with Crippen LogP contribution in [0.4, 0.5) is 19.2 Å². The summed E-state index contributed by atoms with van der Waals surface area (Å²) < 4.78 is 42.3. The van der Waals surface area contributed by atoms with E-state index in [0.29, 0.717) is 12.3 Å². The Morgan fingerprint density at radius 2 is 2.13 bits per heavy atom. The lowest BCUT2D eigenvalue weighted by atomic mass is 10.2. The number of carbonyl (C=O) groups is 1. The second-order valence-electron chi connectivity index (χ2n) is 4.63. The van der Waals surface area contributed by atoms with Gasteiger partial charge in [-0.15, -0.1) is 5.10 Å². The zero-order valence-electron chi connectivity index (χ0n) is 12.2. The SMILES string of the molecule is CCCCc1nnc(NC(=O)c2cccc(SC(F)(F)F)c2)o1. The highest BCUT2D eigenvalue weighted by molar-refractivity contribution is 8.00. The fourth-order valence-corrected chi connectivity index (χ4v) is 2.34. The third-order valence-corrected chi connectivity index (χ3v) is 3.48. The second-order valence-corrected chi connectivity index (χ2v) is 5.77. The molecule has 0 aliphatic carbocycles. The van der Waals surface area contributed by atoms with Crippen LogP contribution in [-0.4, -0.2) is 21.6 Å². The topological polar surface area (TPSA) is 68.0 Å². The molecule has 0 atom stereocenters. The van der Waals surface area contributed by atoms with Crippen molar-refractivity contribution in [3.05, 3.63) is 35.7 Å². The molecule has 0 aliphatic heterocycles. The van der Waals surface area contributed by atoms with Crippen LogP contribution in [0.5, 0.6) is 0 Å². The van der Waals surface area contributed by atoms with Crippen LogP contribution in [-0.2, 0) is 6.42 Å². The van der Waals surface area contributed by atoms with Crippen LogP contribution in [0.25, 0.3) is 0 Å². The van der Waals surface area contributed by atoms with Crippen molar-refractivity contribution < 1.29 is 22.4 Å². The van der Waals surface area contributed by atoms with Crippen LogP contribution >= 0.6 is 11.8 Å². The summed E-state index contributed by atoms with van der Waals surface area (Å²) in [6, 6.07) is 5.15. The van der Waals surface area contributed by atoms with Gasteiger partial charge >= 0.3 is 11.5 Å². The van der Waals surface area contributed by atoms with Gasteiger partial charge in [0.05, 0.1) is 0 Å². The second kappa shape index (κ2) is 7.49. The summed E-state index contributed by atoms with van der Waals surface area (Å²) in [5.41, 5.74) is -4.33. The van der Waals surface area contributed by atoms with Crippen molar-refractivity contribution in [2.75, 3.05) is 5.32 Å². The quantitative estimate of drug-likeness (QED) is 0.792. The minimum absolute atomic E-state index is 0.0701. The number of nitrogens with one attached hydrogen (secondary N) is 1. The van der Waals surface area contributed by atoms with Gasteiger partial charge in [0.15, 0.2) is 0 Å². The Kier molecular flexibility index (Phi) is 5.64. The number of thioether (sulfide) groups is 1. The van der Waals surface area contributed by atoms with E-state index < -0.39 is 11.4 Å². The first-order chi connectivity index (χ1) is 10.9. The molecule has 1 aromatic heterocycles. The van der Waals surface area contributed by atoms with Gasteiger partial charge in [-0.05, 0) is 36.4 Å². The average molecular weight is 345 g/mol. The minimum atomic E-state index is -4.41. The summed E-state index contributed by atoms with van der Waals surface area (Å²) in [7, 11) is 0. The van der Waals surface area contributed by atoms with E-state index in [1.54, 1.807) is 0 Å². The molecule has 5 nitrogen and oxygen atoms in total. The number of hydrogen-bond donors (Lipinski definition) is 1. The van der Waals surface area contributed by atoms with E-state index in [1.807, 2.05) is 6.92 Å². The van der Waals surface area contributed by atoms with Crippen molar-refractivity contribution in [1.82, 2.24) is 10.2 Å². The van der Waals surface area contributed by atoms with Crippen molar-refractivity contribution >= 4 is 23.7 Å². The molecule has 1 heterocycles. The number of alkyl halides is 3. The Labute approximate surface area is 134 Å². The van der Waals surface area contributed by atoms with Crippen LogP contribution in [0.3, 0.4) is 0 Å². The summed E-state index contributed by atoms with van der Waals surface area (Å²) in [5, 5.41) is 9.84. The molecule has 2 rings (SSSR count). The van der Waals surface area contributed by atoms with E-state index in [-0.39, 0.29) is 28.2 Å². The van der Waals surface area contributed by atoms with Crippen LogP contribution < -0.4 is 5.32 Å². The average Bonchev–Trinajstić information content (AvgIpc) is 2.91. The summed E-state index contributed by atoms with van der Waals surface area (Å²) in [6.07, 6.45) is 2.46. The van der Waals surface area contributed by atoms with Crippen molar-refractivity contribution in [3.8, 4) is 0 Å². The number of amides is 1. The van der Waals surface area contributed by atoms with E-state index >= 15 is 0 Å². The van der Waals surface area contributed by atoms with E-state index in [2.05, 4.69) is 15.5 Å². The van der Waals surface area contributed by atoms with Crippen molar-refractivity contribution in [2.45, 2.75) is 36.6 Å². The first kappa shape index (κ1) is 17.3. The number of carbonyl (C=O) groups excluding carboxylic acids is 1. The van der Waals surface area contributed by atoms with Gasteiger partial charge in [0.2, 0.25) is 5.89 Å². The number of halogens is 3. The molecule has 0 bridgehead atoms. The van der Waals surface area contributed by atoms with Crippen LogP contribution in [0.1, 0.15) is 36.0 Å². The Morgan fingerprint density at radius 3 is 2.83 bits per heavy atom. The van der Waals surface area contributed by atoms with Crippen LogP contribution in [0.2, 0.25) is 0 Å². The van der Waals surface area contributed by atoms with Crippen LogP contribution in [0, 0.1) is 0 Å². The minimum Gasteiger partial charge on any atom is -0.408 e. The predicted octanol–water partition coefficient (Wildman–Crippen LogP) is 4.28. The van der Waals surface area contributed by atoms with E-state index in [0.717, 1.165) is 18.9 Å². The molecule has 0 spiro atoms. The lowest BCUT2D eigenvalue weighted by Crippen LogP contribution is -2.12. The zero-order valence-corrected chi connectivity index (χ0v) is 13.0. The fraction of sp³-hybridized carbons (Fsp3) is 0.357. The smallest absolute Gasteiger partial charge is 0.408 e. The molecule has 23 heavy (non-hydrogen) atoms. The largest absolute Gasteiger partial charge is 0.446 e. The fourth-order valence-electron chi connectivity index (χ4n) is 1.74. The van der Waals surface area contributed by atoms with Gasteiger partial charge in [-0.3, -0.25) is 10.1 Å². The van der Waals surface area contributed by atoms with Gasteiger partial charge in [0.25, 0.3) is 5.91 Å². The molecule has 124 valence electrons. The number of nitrogens with zero attached hydrogens (tertiary/aromatic N) is 2. The maximum absolute atomic E-state index is 12.4. The van der Waals surface area contributed by atoms with Gasteiger partial charge in [-0.2, -0.15) is 13.2 Å². The lowest BCUT2D eigenvalue weighted by molar-refractivity contribution is -0.0328. The Morgan fingerprint density at radius 1 is 1.35 bits per heavy atom. The van der Waals surface area contributed by atoms with E-state index in [9.17, 15) is 18.0 Å². The highest BCUT2D eigenvalue weighted by Gasteiger charge is 2.29. The van der Waals surface area contributed by atoms with Crippen molar-refractivity contribution in [2.24, 2.45) is 0 Å². The van der Waals surface area contributed by atoms with Gasteiger partial charge in [-0.1, -0.05) is 24.5 Å². The highest BCUT2D eigenvalue weighted by Crippen LogP contribution is 2.36. The van der Waals surface area contributed by atoms with Gasteiger partial charge in [0, 0.05) is 16.9 Å². The summed E-state index contributed by atoms with van der Waals surface area (Å²) in [6.45, 7) is 2.02. The van der Waals surface area contributed by atoms with Gasteiger partial charge in [0.1, 0.15) is 0 Å². The van der Waals surface area contributed by atoms with Gasteiger partial charge in [-0.25, -0.2) is 0 Å². The van der Waals surface area contributed by atoms with Gasteiger partial charge < -0.3 is 4.42 Å². The Hall–Kier alpha value is -2.03. The lowest BCUT2D eigenvalue weighted by Gasteiger charge is -2.07. The molecule has 9 heteroatoms. The van der Waals surface area contributed by atoms with Crippen molar-refractivity contribution in [1.29, 1.82) is 0 Å². The standard InChI is InChI=1S/C14H14F3N3O2S/c1-2-3-7-11-19-20-13(22-11)18-12(21)9-5-4-6-10(8-9)23-14(15,16)17/h4-6,8H,2-3,7H2,1H3,(H,18,20,21). The molecule has 0 fully saturated rings. The molecular formula is C14H14F3N3O2S. The number of aryl methyl sites for hydroxylation is 1. The third kappa shape index (κ3) is 5.59. The summed E-state index contributed by atoms with van der Waals surface area (Å²) in [5.74, 6) is -0.205. The number of aromatic nitrogens is 2. The molecule has 1 N–H and O–H groups in total. The maximum Gasteiger partial charge on any atom is 0.446 e. The number of benzene rings is 1. The molecule has 1 amide bonds. The number of rotatable bonds is 6. The Balaban J connectivity index is 2.03. The normalized spacial score (nSPS) is 11.5. The Bertz CT molecular complexity index is 673. The van der Waals surface area contributed by atoms with Crippen molar-refractivity contribution in [3.63, 3.8) is 0 Å². The van der Waals surface area contributed by atoms with E-state index in [4.69, 9.17) is 4.42 Å². The molecule has 0 aliphatic rings. The van der Waals surface area contributed by atoms with Crippen LogP contribution in [0.15, 0.2) is 33.6 Å². The number of hydrogen-bond acceptors (Lipinski definition) is 5. The third-order valence-electron chi connectivity index (χ3n) is 2.76. The first-order valence-corrected chi connectivity index (χ1v) is 7.68. The monoisotopic (exact) mass is 345 g/mol. The zero-order chi connectivity index (χ0) is 16.9. The summed E-state index contributed by atoms with van der Waals surface area (Å²) in [4.78, 5) is 12.0. The molecule has 0 saturated heterocycles. The number of anilines is 1. The molecular weight excluding hydrogens is 331 g/mol. The molecule has 2 aromatic rings. The predicted molar refractivity (Wildman–Crippen MR) is 79.2 cm³/mol. The molecule has 1 aromatic carbocycles. The summed E-state index contributed by atoms with van der Waals surface area (Å²) >= 11 is -0.280. The molecule has 0 unspecified atom stereocenters. The van der Waals surface area contributed by atoms with E-state index in [1.165, 1.54) is 18.2 Å².